The molecule has 1 N–H and O–H groups in total. The standard InChI is InChI=1S/C5H11NS2/c1-3-2-4(7)5(3)6-8/h3-8H,2H2,1H3. The average molecular weight is 149 g/mol. The third kappa shape index (κ3) is 0.993. The van der Waals surface area contributed by atoms with Gasteiger partial charge in [-0.1, -0.05) is 19.7 Å². The molecule has 1 aliphatic carbocycles. The van der Waals surface area contributed by atoms with Crippen molar-refractivity contribution in [2.45, 2.75) is 24.6 Å². The van der Waals surface area contributed by atoms with E-state index in [-0.39, 0.29) is 0 Å². The third-order valence-corrected chi connectivity index (χ3v) is 2.62. The molecule has 1 fully saturated rings. The van der Waals surface area contributed by atoms with E-state index < -0.39 is 0 Å². The summed E-state index contributed by atoms with van der Waals surface area (Å²) >= 11 is 8.27. The van der Waals surface area contributed by atoms with Crippen molar-refractivity contribution in [3.05, 3.63) is 0 Å². The summed E-state index contributed by atoms with van der Waals surface area (Å²) in [6.45, 7) is 2.21. The molecule has 0 aromatic carbocycles. The molecule has 8 heavy (non-hydrogen) atoms. The lowest BCUT2D eigenvalue weighted by Gasteiger charge is -2.39. The summed E-state index contributed by atoms with van der Waals surface area (Å²) < 4.78 is 2.92. The van der Waals surface area contributed by atoms with E-state index in [1.807, 2.05) is 0 Å². The van der Waals surface area contributed by atoms with E-state index in [0.717, 1.165) is 5.92 Å². The second-order valence-corrected chi connectivity index (χ2v) is 3.36. The Hall–Kier alpha value is 0.660. The van der Waals surface area contributed by atoms with Crippen molar-refractivity contribution in [1.82, 2.24) is 4.72 Å². The molecule has 0 saturated heterocycles. The summed E-state index contributed by atoms with van der Waals surface area (Å²) in [6.07, 6.45) is 1.22. The summed E-state index contributed by atoms with van der Waals surface area (Å²) in [4.78, 5) is 0. The molecule has 0 aliphatic heterocycles. The maximum absolute atomic E-state index is 4.31. The van der Waals surface area contributed by atoms with Gasteiger partial charge in [-0.05, 0) is 12.3 Å². The summed E-state index contributed by atoms with van der Waals surface area (Å²) in [6, 6.07) is 0.529. The van der Waals surface area contributed by atoms with E-state index >= 15 is 0 Å². The van der Waals surface area contributed by atoms with Crippen LogP contribution in [0.25, 0.3) is 0 Å². The summed E-state index contributed by atoms with van der Waals surface area (Å²) in [5.41, 5.74) is 0. The van der Waals surface area contributed by atoms with Crippen LogP contribution in [0.3, 0.4) is 0 Å². The molecule has 1 rings (SSSR count). The Morgan fingerprint density at radius 1 is 1.62 bits per heavy atom. The van der Waals surface area contributed by atoms with Crippen LogP contribution in [-0.2, 0) is 0 Å². The SMILES string of the molecule is CC1CC(S)C1NS. The molecule has 0 aromatic rings. The fourth-order valence-electron chi connectivity index (χ4n) is 1.07. The summed E-state index contributed by atoms with van der Waals surface area (Å²) in [5, 5.41) is 0.530. The van der Waals surface area contributed by atoms with Crippen LogP contribution in [0, 0.1) is 5.92 Å². The van der Waals surface area contributed by atoms with Gasteiger partial charge >= 0.3 is 0 Å². The molecule has 1 aliphatic rings. The summed E-state index contributed by atoms with van der Waals surface area (Å²) in [7, 11) is 0. The van der Waals surface area contributed by atoms with Crippen molar-refractivity contribution in [3.63, 3.8) is 0 Å². The molecule has 0 heterocycles. The highest BCUT2D eigenvalue weighted by molar-refractivity contribution is 7.81. The maximum Gasteiger partial charge on any atom is 0.0312 e. The Morgan fingerprint density at radius 2 is 2.25 bits per heavy atom. The van der Waals surface area contributed by atoms with Gasteiger partial charge in [0.25, 0.3) is 0 Å². The smallest absolute Gasteiger partial charge is 0.0312 e. The predicted octanol–water partition coefficient (Wildman–Crippen LogP) is 1.13. The van der Waals surface area contributed by atoms with Gasteiger partial charge < -0.3 is 0 Å². The van der Waals surface area contributed by atoms with Gasteiger partial charge in [0, 0.05) is 11.3 Å². The fourth-order valence-corrected chi connectivity index (χ4v) is 2.32. The van der Waals surface area contributed by atoms with Crippen LogP contribution in [0.1, 0.15) is 13.3 Å². The van der Waals surface area contributed by atoms with Gasteiger partial charge in [0.15, 0.2) is 0 Å². The van der Waals surface area contributed by atoms with Gasteiger partial charge in [-0.2, -0.15) is 12.6 Å². The van der Waals surface area contributed by atoms with Gasteiger partial charge in [0.1, 0.15) is 0 Å². The molecule has 3 heteroatoms. The minimum atomic E-state index is 0.529. The van der Waals surface area contributed by atoms with Crippen molar-refractivity contribution in [1.29, 1.82) is 0 Å². The molecule has 0 bridgehead atoms. The number of nitrogens with one attached hydrogen (secondary N) is 1. The molecule has 0 amide bonds. The molecule has 48 valence electrons. The van der Waals surface area contributed by atoms with Crippen LogP contribution >= 0.6 is 25.4 Å². The van der Waals surface area contributed by atoms with Gasteiger partial charge in [-0.25, -0.2) is 0 Å². The lowest BCUT2D eigenvalue weighted by atomic mass is 9.81. The number of thiol groups is 2. The van der Waals surface area contributed by atoms with E-state index in [4.69, 9.17) is 0 Å². The number of hydrogen-bond donors (Lipinski definition) is 3. The lowest BCUT2D eigenvalue weighted by molar-refractivity contribution is 0.281. The molecular formula is C5H11NS2. The minimum Gasteiger partial charge on any atom is -0.262 e. The van der Waals surface area contributed by atoms with E-state index in [1.54, 1.807) is 0 Å². The van der Waals surface area contributed by atoms with Gasteiger partial charge in [0.05, 0.1) is 0 Å². The number of rotatable bonds is 1. The highest BCUT2D eigenvalue weighted by Crippen LogP contribution is 2.31. The Kier molecular flexibility index (Phi) is 2.12. The van der Waals surface area contributed by atoms with Crippen molar-refractivity contribution >= 4 is 25.4 Å². The quantitative estimate of drug-likeness (QED) is 0.475. The van der Waals surface area contributed by atoms with Crippen molar-refractivity contribution in [2.24, 2.45) is 5.92 Å². The van der Waals surface area contributed by atoms with E-state index in [1.165, 1.54) is 6.42 Å². The lowest BCUT2D eigenvalue weighted by Crippen LogP contribution is -2.48. The highest BCUT2D eigenvalue weighted by Gasteiger charge is 2.34. The molecule has 0 aromatic heterocycles. The molecule has 1 saturated carbocycles. The second-order valence-electron chi connectivity index (χ2n) is 2.44. The van der Waals surface area contributed by atoms with Crippen LogP contribution in [0.4, 0.5) is 0 Å². The minimum absolute atomic E-state index is 0.529. The van der Waals surface area contributed by atoms with Crippen LogP contribution in [-0.4, -0.2) is 11.3 Å². The fraction of sp³-hybridized carbons (Fsp3) is 1.00. The summed E-state index contributed by atoms with van der Waals surface area (Å²) in [5.74, 6) is 0.759. The van der Waals surface area contributed by atoms with E-state index in [9.17, 15) is 0 Å². The maximum atomic E-state index is 4.31. The zero-order valence-corrected chi connectivity index (χ0v) is 6.62. The molecular weight excluding hydrogens is 138 g/mol. The van der Waals surface area contributed by atoms with Gasteiger partial charge in [0.2, 0.25) is 0 Å². The van der Waals surface area contributed by atoms with Gasteiger partial charge in [-0.3, -0.25) is 4.72 Å². The van der Waals surface area contributed by atoms with E-state index in [2.05, 4.69) is 37.1 Å². The van der Waals surface area contributed by atoms with Crippen molar-refractivity contribution in [3.8, 4) is 0 Å². The predicted molar refractivity (Wildman–Crippen MR) is 42.5 cm³/mol. The highest BCUT2D eigenvalue weighted by atomic mass is 32.1. The average Bonchev–Trinajstić information content (AvgIpc) is 1.67. The third-order valence-electron chi connectivity index (χ3n) is 1.79. The van der Waals surface area contributed by atoms with Gasteiger partial charge in [-0.15, -0.1) is 0 Å². The topological polar surface area (TPSA) is 12.0 Å². The van der Waals surface area contributed by atoms with Crippen LogP contribution in [0.2, 0.25) is 0 Å². The zero-order chi connectivity index (χ0) is 6.15. The van der Waals surface area contributed by atoms with Crippen molar-refractivity contribution in [2.75, 3.05) is 0 Å². The normalized spacial score (nSPS) is 46.1. The van der Waals surface area contributed by atoms with Crippen LogP contribution < -0.4 is 4.72 Å². The Labute approximate surface area is 61.2 Å². The monoisotopic (exact) mass is 149 g/mol. The second kappa shape index (κ2) is 2.50. The Bertz CT molecular complexity index is 78.5. The largest absolute Gasteiger partial charge is 0.262 e. The van der Waals surface area contributed by atoms with Crippen molar-refractivity contribution < 1.29 is 0 Å². The van der Waals surface area contributed by atoms with Crippen LogP contribution in [0.15, 0.2) is 0 Å². The molecule has 0 spiro atoms. The first kappa shape index (κ1) is 6.78. The zero-order valence-electron chi connectivity index (χ0n) is 4.83. The first-order valence-electron chi connectivity index (χ1n) is 2.83. The van der Waals surface area contributed by atoms with Crippen LogP contribution in [0.5, 0.6) is 0 Å². The Morgan fingerprint density at radius 3 is 2.38 bits per heavy atom. The first-order chi connectivity index (χ1) is 3.75. The Balaban J connectivity index is 2.29. The number of hydrogen-bond acceptors (Lipinski definition) is 3. The van der Waals surface area contributed by atoms with E-state index in [0.29, 0.717) is 11.3 Å². The first-order valence-corrected chi connectivity index (χ1v) is 3.79. The molecule has 3 unspecified atom stereocenters. The molecule has 3 atom stereocenters. The molecule has 0 radical (unpaired) electrons. The molecule has 1 nitrogen and oxygen atoms in total.